The highest BCUT2D eigenvalue weighted by Gasteiger charge is 2.19. The molecule has 0 unspecified atom stereocenters. The Labute approximate surface area is 167 Å². The Hall–Kier alpha value is -3.88. The van der Waals surface area contributed by atoms with Crippen molar-refractivity contribution in [2.45, 2.75) is 20.0 Å². The van der Waals surface area contributed by atoms with Gasteiger partial charge in [-0.1, -0.05) is 35.5 Å². The van der Waals surface area contributed by atoms with Crippen molar-refractivity contribution in [3.63, 3.8) is 0 Å². The second-order valence-electron chi connectivity index (χ2n) is 6.37. The van der Waals surface area contributed by atoms with E-state index in [1.54, 1.807) is 25.3 Å². The number of ether oxygens (including phenoxy) is 1. The number of amides is 2. The minimum atomic E-state index is -0.469. The minimum absolute atomic E-state index is 0.0252. The van der Waals surface area contributed by atoms with E-state index in [2.05, 4.69) is 20.9 Å². The van der Waals surface area contributed by atoms with Crippen LogP contribution in [-0.2, 0) is 17.9 Å². The smallest absolute Gasteiger partial charge is 0.275 e. The van der Waals surface area contributed by atoms with Gasteiger partial charge in [-0.2, -0.15) is 0 Å². The number of carbonyl (C=O) groups excluding carboxylic acids is 2. The van der Waals surface area contributed by atoms with Crippen LogP contribution in [0.25, 0.3) is 0 Å². The van der Waals surface area contributed by atoms with E-state index in [-0.39, 0.29) is 24.0 Å². The van der Waals surface area contributed by atoms with Crippen LogP contribution >= 0.6 is 0 Å². The van der Waals surface area contributed by atoms with Gasteiger partial charge in [0.05, 0.1) is 7.11 Å². The van der Waals surface area contributed by atoms with Gasteiger partial charge in [-0.15, -0.1) is 5.10 Å². The molecule has 4 N–H and O–H groups in total. The van der Waals surface area contributed by atoms with Gasteiger partial charge in [-0.3, -0.25) is 9.59 Å². The molecule has 0 saturated carbocycles. The number of hydrogen-bond donors (Lipinski definition) is 3. The van der Waals surface area contributed by atoms with Crippen molar-refractivity contribution in [2.75, 3.05) is 18.2 Å². The maximum Gasteiger partial charge on any atom is 0.275 e. The third-order valence-electron chi connectivity index (χ3n) is 4.31. The van der Waals surface area contributed by atoms with Gasteiger partial charge in [0.15, 0.2) is 11.5 Å². The molecule has 0 saturated heterocycles. The summed E-state index contributed by atoms with van der Waals surface area (Å²) < 4.78 is 6.29. The number of methoxy groups -OCH3 is 1. The molecule has 2 amide bonds. The van der Waals surface area contributed by atoms with Gasteiger partial charge < -0.3 is 21.1 Å². The summed E-state index contributed by atoms with van der Waals surface area (Å²) in [6, 6.07) is 14.7. The normalized spacial score (nSPS) is 10.4. The fraction of sp³-hybridized carbons (Fsp3) is 0.200. The molecule has 0 aliphatic rings. The van der Waals surface area contributed by atoms with Crippen molar-refractivity contribution in [2.24, 2.45) is 0 Å². The molecule has 0 fully saturated rings. The first-order chi connectivity index (χ1) is 14.0. The number of nitrogens with two attached hydrogens (primary N) is 1. The molecule has 0 aliphatic heterocycles. The van der Waals surface area contributed by atoms with Crippen LogP contribution in [0.4, 0.5) is 11.5 Å². The number of benzene rings is 2. The molecule has 0 atom stereocenters. The molecule has 150 valence electrons. The number of carbonyl (C=O) groups is 2. The highest BCUT2D eigenvalue weighted by molar-refractivity contribution is 5.97. The lowest BCUT2D eigenvalue weighted by Gasteiger charge is -2.08. The van der Waals surface area contributed by atoms with Gasteiger partial charge in [-0.05, 0) is 36.2 Å². The number of rotatable bonds is 7. The van der Waals surface area contributed by atoms with Crippen molar-refractivity contribution < 1.29 is 14.3 Å². The monoisotopic (exact) mass is 394 g/mol. The molecule has 29 heavy (non-hydrogen) atoms. The largest absolute Gasteiger partial charge is 0.497 e. The molecule has 0 aliphatic carbocycles. The third kappa shape index (κ3) is 4.89. The number of hydrogen-bond acceptors (Lipinski definition) is 6. The van der Waals surface area contributed by atoms with Gasteiger partial charge in [0, 0.05) is 12.2 Å². The minimum Gasteiger partial charge on any atom is -0.497 e. The summed E-state index contributed by atoms with van der Waals surface area (Å²) in [5, 5.41) is 13.1. The number of nitrogens with one attached hydrogen (secondary N) is 2. The van der Waals surface area contributed by atoms with E-state index in [9.17, 15) is 9.59 Å². The van der Waals surface area contributed by atoms with Crippen LogP contribution < -0.4 is 21.1 Å². The van der Waals surface area contributed by atoms with Crippen molar-refractivity contribution in [1.29, 1.82) is 0 Å². The highest BCUT2D eigenvalue weighted by Crippen LogP contribution is 2.14. The quantitative estimate of drug-likeness (QED) is 0.561. The number of aromatic nitrogens is 3. The SMILES string of the molecule is COc1ccc(CNC(=O)c2nnn(CC(=O)Nc3ccccc3C)c2N)cc1. The van der Waals surface area contributed by atoms with Gasteiger partial charge in [0.1, 0.15) is 12.3 Å². The van der Waals surface area contributed by atoms with Crippen LogP contribution in [-0.4, -0.2) is 33.9 Å². The van der Waals surface area contributed by atoms with Crippen LogP contribution in [0.3, 0.4) is 0 Å². The van der Waals surface area contributed by atoms with E-state index in [4.69, 9.17) is 10.5 Å². The Morgan fingerprint density at radius 1 is 1.14 bits per heavy atom. The van der Waals surface area contributed by atoms with Crippen molar-refractivity contribution in [3.8, 4) is 5.75 Å². The summed E-state index contributed by atoms with van der Waals surface area (Å²) >= 11 is 0. The van der Waals surface area contributed by atoms with Crippen molar-refractivity contribution >= 4 is 23.3 Å². The predicted octanol–water partition coefficient (Wildman–Crippen LogP) is 1.75. The average molecular weight is 394 g/mol. The van der Waals surface area contributed by atoms with Crippen molar-refractivity contribution in [1.82, 2.24) is 20.3 Å². The van der Waals surface area contributed by atoms with Crippen LogP contribution in [0.15, 0.2) is 48.5 Å². The Bertz CT molecular complexity index is 1010. The standard InChI is InChI=1S/C20H22N6O3/c1-13-5-3-4-6-16(13)23-17(27)12-26-19(21)18(24-25-26)20(28)22-11-14-7-9-15(29-2)10-8-14/h3-10H,11-12,21H2,1-2H3,(H,22,28)(H,23,27). The van der Waals surface area contributed by atoms with Crippen LogP contribution in [0.5, 0.6) is 5.75 Å². The molecule has 0 radical (unpaired) electrons. The molecular weight excluding hydrogens is 372 g/mol. The van der Waals surface area contributed by atoms with Gasteiger partial charge >= 0.3 is 0 Å². The maximum absolute atomic E-state index is 12.4. The molecule has 2 aromatic carbocycles. The fourth-order valence-corrected chi connectivity index (χ4v) is 2.65. The maximum atomic E-state index is 12.4. The lowest BCUT2D eigenvalue weighted by atomic mass is 10.2. The molecule has 1 aromatic heterocycles. The molecular formula is C20H22N6O3. The average Bonchev–Trinajstić information content (AvgIpc) is 3.08. The molecule has 3 aromatic rings. The van der Waals surface area contributed by atoms with E-state index in [0.29, 0.717) is 12.2 Å². The number of nitrogen functional groups attached to an aromatic ring is 1. The van der Waals surface area contributed by atoms with E-state index >= 15 is 0 Å². The third-order valence-corrected chi connectivity index (χ3v) is 4.31. The van der Waals surface area contributed by atoms with Gasteiger partial charge in [0.25, 0.3) is 5.91 Å². The van der Waals surface area contributed by atoms with Crippen molar-refractivity contribution in [3.05, 3.63) is 65.4 Å². The highest BCUT2D eigenvalue weighted by atomic mass is 16.5. The lowest BCUT2D eigenvalue weighted by molar-refractivity contribution is -0.116. The fourth-order valence-electron chi connectivity index (χ4n) is 2.65. The number of nitrogens with zero attached hydrogens (tertiary/aromatic N) is 3. The zero-order valence-electron chi connectivity index (χ0n) is 16.2. The topological polar surface area (TPSA) is 124 Å². The molecule has 0 bridgehead atoms. The Kier molecular flexibility index (Phi) is 6.08. The first-order valence-electron chi connectivity index (χ1n) is 8.93. The molecule has 0 spiro atoms. The Morgan fingerprint density at radius 3 is 2.55 bits per heavy atom. The first kappa shape index (κ1) is 19.9. The van der Waals surface area contributed by atoms with E-state index in [1.807, 2.05) is 37.3 Å². The molecule has 9 nitrogen and oxygen atoms in total. The summed E-state index contributed by atoms with van der Waals surface area (Å²) in [4.78, 5) is 24.6. The van der Waals surface area contributed by atoms with Gasteiger partial charge in [-0.25, -0.2) is 4.68 Å². The van der Waals surface area contributed by atoms with Gasteiger partial charge in [0.2, 0.25) is 5.91 Å². The summed E-state index contributed by atoms with van der Waals surface area (Å²) in [6.07, 6.45) is 0. The van der Waals surface area contributed by atoms with Crippen LogP contribution in [0.1, 0.15) is 21.6 Å². The predicted molar refractivity (Wildman–Crippen MR) is 108 cm³/mol. The van der Waals surface area contributed by atoms with E-state index < -0.39 is 5.91 Å². The second-order valence-corrected chi connectivity index (χ2v) is 6.37. The first-order valence-corrected chi connectivity index (χ1v) is 8.93. The summed E-state index contributed by atoms with van der Waals surface area (Å²) in [5.41, 5.74) is 8.47. The number of para-hydroxylation sites is 1. The Balaban J connectivity index is 1.59. The summed E-state index contributed by atoms with van der Waals surface area (Å²) in [5.74, 6) is -0.0293. The van der Waals surface area contributed by atoms with Crippen LogP contribution in [0, 0.1) is 6.92 Å². The second kappa shape index (κ2) is 8.87. The Morgan fingerprint density at radius 2 is 1.86 bits per heavy atom. The molecule has 1 heterocycles. The molecule has 9 heteroatoms. The summed E-state index contributed by atoms with van der Waals surface area (Å²) in [6.45, 7) is 2.03. The summed E-state index contributed by atoms with van der Waals surface area (Å²) in [7, 11) is 1.59. The zero-order valence-corrected chi connectivity index (χ0v) is 16.2. The number of aryl methyl sites for hydroxylation is 1. The lowest BCUT2D eigenvalue weighted by Crippen LogP contribution is -2.25. The zero-order chi connectivity index (χ0) is 20.8. The van der Waals surface area contributed by atoms with Crippen LogP contribution in [0.2, 0.25) is 0 Å². The molecule has 3 rings (SSSR count). The van der Waals surface area contributed by atoms with E-state index in [1.165, 1.54) is 4.68 Å². The number of anilines is 2. The van der Waals surface area contributed by atoms with E-state index in [0.717, 1.165) is 16.9 Å².